The summed E-state index contributed by atoms with van der Waals surface area (Å²) >= 11 is 0. The Morgan fingerprint density at radius 2 is 1.62 bits per heavy atom. The molecule has 1 heterocycles. The maximum atomic E-state index is 12.4. The van der Waals surface area contributed by atoms with Gasteiger partial charge in [0.15, 0.2) is 5.78 Å². The Kier molecular flexibility index (Phi) is 5.30. The van der Waals surface area contributed by atoms with Gasteiger partial charge in [-0.05, 0) is 48.5 Å². The summed E-state index contributed by atoms with van der Waals surface area (Å²) in [4.78, 5) is 12.4. The number of hydrogen-bond acceptors (Lipinski definition) is 7. The minimum absolute atomic E-state index is 0.200. The first-order valence-corrected chi connectivity index (χ1v) is 7.97. The highest BCUT2D eigenvalue weighted by Gasteiger charge is 2.43. The highest BCUT2D eigenvalue weighted by Crippen LogP contribution is 2.25. The summed E-state index contributed by atoms with van der Waals surface area (Å²) in [6.07, 6.45) is -4.54. The van der Waals surface area contributed by atoms with Crippen LogP contribution in [0.25, 0.3) is 0 Å². The molecule has 1 saturated heterocycles. The van der Waals surface area contributed by atoms with Gasteiger partial charge >= 0.3 is 0 Å². The second-order valence-electron chi connectivity index (χ2n) is 5.87. The van der Waals surface area contributed by atoms with E-state index in [9.17, 15) is 15.0 Å². The number of carbonyl (C=O) groups excluding carboxylic acids is 1. The topological polar surface area (TPSA) is 120 Å². The highest BCUT2D eigenvalue weighted by molar-refractivity contribution is 6.09. The second-order valence-corrected chi connectivity index (χ2v) is 5.87. The quantitative estimate of drug-likeness (QED) is 0.672. The average molecular weight is 355 g/mol. The fraction of sp³-hybridized carbons (Fsp3) is 0.263. The summed E-state index contributed by atoms with van der Waals surface area (Å²) in [6.45, 7) is -0.434. The molecule has 134 valence electrons. The summed E-state index contributed by atoms with van der Waals surface area (Å²) in [5, 5.41) is 37.4. The molecule has 0 radical (unpaired) electrons. The monoisotopic (exact) mass is 355 g/mol. The van der Waals surface area contributed by atoms with E-state index in [0.29, 0.717) is 22.4 Å². The molecule has 3 rings (SSSR count). The van der Waals surface area contributed by atoms with Gasteiger partial charge in [-0.2, -0.15) is 5.26 Å². The molecule has 4 atom stereocenters. The van der Waals surface area contributed by atoms with Crippen LogP contribution in [-0.4, -0.2) is 52.3 Å². The number of aliphatic hydroxyl groups is 3. The van der Waals surface area contributed by atoms with Crippen molar-refractivity contribution < 1.29 is 29.6 Å². The SMILES string of the molecule is N#Cc1ccc(C(=O)c2ccc(O[C@@H]3O[C@H](CO)[C@@H](O)[C@H]3O)cc2)cc1. The normalized spacial score (nSPS) is 24.8. The lowest BCUT2D eigenvalue weighted by atomic mass is 10.0. The maximum Gasteiger partial charge on any atom is 0.229 e. The molecule has 0 aromatic heterocycles. The molecule has 2 aromatic carbocycles. The van der Waals surface area contributed by atoms with Crippen molar-refractivity contribution in [2.24, 2.45) is 0 Å². The van der Waals surface area contributed by atoms with Crippen molar-refractivity contribution in [2.45, 2.75) is 24.6 Å². The van der Waals surface area contributed by atoms with Gasteiger partial charge in [-0.1, -0.05) is 0 Å². The smallest absolute Gasteiger partial charge is 0.229 e. The van der Waals surface area contributed by atoms with E-state index in [2.05, 4.69) is 0 Å². The third-order valence-electron chi connectivity index (χ3n) is 4.14. The van der Waals surface area contributed by atoms with Crippen molar-refractivity contribution in [1.82, 2.24) is 0 Å². The van der Waals surface area contributed by atoms with Gasteiger partial charge in [0, 0.05) is 11.1 Å². The minimum atomic E-state index is -1.29. The number of benzene rings is 2. The van der Waals surface area contributed by atoms with E-state index in [1.807, 2.05) is 6.07 Å². The summed E-state index contributed by atoms with van der Waals surface area (Å²) in [7, 11) is 0. The van der Waals surface area contributed by atoms with Gasteiger partial charge in [-0.25, -0.2) is 0 Å². The van der Waals surface area contributed by atoms with Crippen LogP contribution in [0.1, 0.15) is 21.5 Å². The lowest BCUT2D eigenvalue weighted by molar-refractivity contribution is -0.116. The van der Waals surface area contributed by atoms with Crippen LogP contribution in [0.5, 0.6) is 5.75 Å². The molecule has 1 aliphatic heterocycles. The molecular weight excluding hydrogens is 338 g/mol. The lowest BCUT2D eigenvalue weighted by Crippen LogP contribution is -2.35. The van der Waals surface area contributed by atoms with Gasteiger partial charge in [0.2, 0.25) is 6.29 Å². The Hall–Kier alpha value is -2.76. The maximum absolute atomic E-state index is 12.4. The number of carbonyl (C=O) groups is 1. The molecule has 26 heavy (non-hydrogen) atoms. The Balaban J connectivity index is 1.68. The zero-order valence-electron chi connectivity index (χ0n) is 13.6. The fourth-order valence-corrected chi connectivity index (χ4v) is 2.64. The molecule has 1 aliphatic rings. The molecule has 0 amide bonds. The Labute approximate surface area is 149 Å². The molecule has 7 heteroatoms. The molecule has 0 bridgehead atoms. The predicted octanol–water partition coefficient (Wildman–Crippen LogP) is 0.607. The van der Waals surface area contributed by atoms with Crippen molar-refractivity contribution in [3.8, 4) is 11.8 Å². The average Bonchev–Trinajstić information content (AvgIpc) is 2.96. The van der Waals surface area contributed by atoms with Gasteiger partial charge in [0.1, 0.15) is 24.1 Å². The Morgan fingerprint density at radius 1 is 1.04 bits per heavy atom. The summed E-state index contributed by atoms with van der Waals surface area (Å²) in [6, 6.07) is 14.5. The molecule has 2 aromatic rings. The Bertz CT molecular complexity index is 811. The van der Waals surface area contributed by atoms with Crippen LogP contribution in [0.3, 0.4) is 0 Å². The number of nitrogens with zero attached hydrogens (tertiary/aromatic N) is 1. The van der Waals surface area contributed by atoms with Crippen LogP contribution >= 0.6 is 0 Å². The first-order valence-electron chi connectivity index (χ1n) is 7.97. The number of hydrogen-bond donors (Lipinski definition) is 3. The Morgan fingerprint density at radius 3 is 2.12 bits per heavy atom. The fourth-order valence-electron chi connectivity index (χ4n) is 2.64. The van der Waals surface area contributed by atoms with Gasteiger partial charge in [-0.3, -0.25) is 4.79 Å². The van der Waals surface area contributed by atoms with Gasteiger partial charge in [-0.15, -0.1) is 0 Å². The molecule has 7 nitrogen and oxygen atoms in total. The molecule has 3 N–H and O–H groups in total. The zero-order chi connectivity index (χ0) is 18.7. The second kappa shape index (κ2) is 7.64. The van der Waals surface area contributed by atoms with Crippen LogP contribution in [0.2, 0.25) is 0 Å². The molecule has 0 saturated carbocycles. The number of ketones is 1. The van der Waals surface area contributed by atoms with Crippen molar-refractivity contribution in [1.29, 1.82) is 5.26 Å². The van der Waals surface area contributed by atoms with E-state index in [1.54, 1.807) is 48.5 Å². The van der Waals surface area contributed by atoms with E-state index >= 15 is 0 Å². The molecule has 0 aliphatic carbocycles. The van der Waals surface area contributed by atoms with Crippen LogP contribution in [-0.2, 0) is 4.74 Å². The number of aliphatic hydroxyl groups excluding tert-OH is 3. The first kappa shape index (κ1) is 18.0. The summed E-state index contributed by atoms with van der Waals surface area (Å²) < 4.78 is 10.7. The number of rotatable bonds is 5. The molecule has 1 fully saturated rings. The lowest BCUT2D eigenvalue weighted by Gasteiger charge is -2.16. The number of nitriles is 1. The van der Waals surface area contributed by atoms with E-state index in [0.717, 1.165) is 0 Å². The van der Waals surface area contributed by atoms with Crippen LogP contribution in [0.4, 0.5) is 0 Å². The summed E-state index contributed by atoms with van der Waals surface area (Å²) in [5.41, 5.74) is 1.37. The molecular formula is C19H17NO6. The van der Waals surface area contributed by atoms with Gasteiger partial charge in [0.05, 0.1) is 18.2 Å². The predicted molar refractivity (Wildman–Crippen MR) is 89.4 cm³/mol. The first-order chi connectivity index (χ1) is 12.5. The molecule has 0 unspecified atom stereocenters. The largest absolute Gasteiger partial charge is 0.462 e. The van der Waals surface area contributed by atoms with Gasteiger partial charge in [0.25, 0.3) is 0 Å². The summed E-state index contributed by atoms with van der Waals surface area (Å²) in [5.74, 6) is 0.144. The zero-order valence-corrected chi connectivity index (χ0v) is 13.6. The van der Waals surface area contributed by atoms with E-state index in [4.69, 9.17) is 19.8 Å². The van der Waals surface area contributed by atoms with Crippen molar-refractivity contribution >= 4 is 5.78 Å². The van der Waals surface area contributed by atoms with Gasteiger partial charge < -0.3 is 24.8 Å². The van der Waals surface area contributed by atoms with Crippen molar-refractivity contribution in [2.75, 3.05) is 6.61 Å². The van der Waals surface area contributed by atoms with Crippen LogP contribution < -0.4 is 4.74 Å². The van der Waals surface area contributed by atoms with Crippen molar-refractivity contribution in [3.05, 3.63) is 65.2 Å². The van der Waals surface area contributed by atoms with Crippen molar-refractivity contribution in [3.63, 3.8) is 0 Å². The molecule has 0 spiro atoms. The standard InChI is InChI=1S/C19H17NO6/c20-9-11-1-3-12(4-2-11)16(22)13-5-7-14(8-6-13)25-19-18(24)17(23)15(10-21)26-19/h1-8,15,17-19,21,23-24H,10H2/t15-,17-,18-,19-/m1/s1. The number of ether oxygens (including phenoxy) is 2. The van der Waals surface area contributed by atoms with E-state index in [1.165, 1.54) is 0 Å². The van der Waals surface area contributed by atoms with Crippen LogP contribution in [0, 0.1) is 11.3 Å². The van der Waals surface area contributed by atoms with E-state index < -0.39 is 31.2 Å². The minimum Gasteiger partial charge on any atom is -0.462 e. The third kappa shape index (κ3) is 3.59. The van der Waals surface area contributed by atoms with E-state index in [-0.39, 0.29) is 5.78 Å². The third-order valence-corrected chi connectivity index (χ3v) is 4.14. The van der Waals surface area contributed by atoms with Crippen LogP contribution in [0.15, 0.2) is 48.5 Å². The highest BCUT2D eigenvalue weighted by atomic mass is 16.7.